The van der Waals surface area contributed by atoms with Gasteiger partial charge in [0.1, 0.15) is 11.6 Å². The number of rotatable bonds is 2. The van der Waals surface area contributed by atoms with E-state index in [0.717, 1.165) is 0 Å². The molecule has 86 valence electrons. The lowest BCUT2D eigenvalue weighted by Gasteiger charge is -2.00. The summed E-state index contributed by atoms with van der Waals surface area (Å²) in [6.07, 6.45) is 1.28. The Morgan fingerprint density at radius 1 is 1.41 bits per heavy atom. The molecule has 3 amide bonds. The Bertz CT molecular complexity index is 532. The van der Waals surface area contributed by atoms with Crippen molar-refractivity contribution in [3.63, 3.8) is 0 Å². The van der Waals surface area contributed by atoms with Gasteiger partial charge in [-0.25, -0.2) is 4.79 Å². The first-order valence-electron chi connectivity index (χ1n) is 4.51. The Morgan fingerprint density at radius 3 is 2.59 bits per heavy atom. The van der Waals surface area contributed by atoms with E-state index in [1.54, 1.807) is 35.7 Å². The van der Waals surface area contributed by atoms with Crippen LogP contribution in [0.2, 0.25) is 5.02 Å². The summed E-state index contributed by atoms with van der Waals surface area (Å²) in [7, 11) is 0. The second-order valence-electron chi connectivity index (χ2n) is 3.01. The minimum absolute atomic E-state index is 0.253. The number of halogens is 1. The molecule has 6 heteroatoms. The summed E-state index contributed by atoms with van der Waals surface area (Å²) in [6.45, 7) is 0. The maximum Gasteiger partial charge on any atom is 0.319 e. The van der Waals surface area contributed by atoms with Crippen LogP contribution in [0.15, 0.2) is 29.8 Å². The van der Waals surface area contributed by atoms with Gasteiger partial charge in [-0.15, -0.1) is 0 Å². The van der Waals surface area contributed by atoms with Crippen molar-refractivity contribution in [2.75, 3.05) is 0 Å². The molecule has 3 N–H and O–H groups in total. The van der Waals surface area contributed by atoms with Gasteiger partial charge in [0.25, 0.3) is 5.91 Å². The second-order valence-corrected chi connectivity index (χ2v) is 3.42. The highest BCUT2D eigenvalue weighted by Crippen LogP contribution is 2.17. The smallest absolute Gasteiger partial charge is 0.319 e. The minimum atomic E-state index is -1.02. The zero-order valence-corrected chi connectivity index (χ0v) is 9.36. The first-order chi connectivity index (χ1) is 8.04. The van der Waals surface area contributed by atoms with Gasteiger partial charge in [-0.3, -0.25) is 10.1 Å². The van der Waals surface area contributed by atoms with Crippen LogP contribution in [0.4, 0.5) is 4.79 Å². The molecule has 0 aromatic heterocycles. The van der Waals surface area contributed by atoms with E-state index in [1.165, 1.54) is 6.08 Å². The molecule has 0 saturated heterocycles. The minimum Gasteiger partial charge on any atom is -0.351 e. The third kappa shape index (κ3) is 3.63. The van der Waals surface area contributed by atoms with E-state index in [4.69, 9.17) is 22.6 Å². The maximum absolute atomic E-state index is 11.4. The average Bonchev–Trinajstić information content (AvgIpc) is 2.27. The van der Waals surface area contributed by atoms with Gasteiger partial charge in [0.15, 0.2) is 0 Å². The topological polar surface area (TPSA) is 96.0 Å². The molecule has 0 spiro atoms. The van der Waals surface area contributed by atoms with E-state index in [2.05, 4.69) is 0 Å². The predicted molar refractivity (Wildman–Crippen MR) is 62.8 cm³/mol. The third-order valence-electron chi connectivity index (χ3n) is 1.81. The van der Waals surface area contributed by atoms with Crippen molar-refractivity contribution in [1.29, 1.82) is 5.26 Å². The first kappa shape index (κ1) is 12.7. The number of nitriles is 1. The van der Waals surface area contributed by atoms with Gasteiger partial charge in [0, 0.05) is 5.02 Å². The Hall–Kier alpha value is -2.32. The summed E-state index contributed by atoms with van der Waals surface area (Å²) in [6, 6.07) is 7.33. The van der Waals surface area contributed by atoms with Crippen LogP contribution in [-0.2, 0) is 4.79 Å². The number of nitrogens with one attached hydrogen (secondary N) is 1. The van der Waals surface area contributed by atoms with Gasteiger partial charge >= 0.3 is 6.03 Å². The van der Waals surface area contributed by atoms with E-state index in [0.29, 0.717) is 10.6 Å². The number of benzene rings is 1. The van der Waals surface area contributed by atoms with Crippen LogP contribution in [0.25, 0.3) is 6.08 Å². The number of nitrogens with zero attached hydrogens (tertiary/aromatic N) is 1. The number of hydrogen-bond acceptors (Lipinski definition) is 3. The van der Waals surface area contributed by atoms with Crippen LogP contribution in [-0.4, -0.2) is 11.9 Å². The number of amides is 3. The quantitative estimate of drug-likeness (QED) is 0.613. The summed E-state index contributed by atoms with van der Waals surface area (Å²) in [5.74, 6) is -0.861. The molecule has 1 rings (SSSR count). The van der Waals surface area contributed by atoms with Crippen LogP contribution in [0.5, 0.6) is 0 Å². The molecule has 0 radical (unpaired) electrons. The SMILES string of the molecule is N#C/C(=C/c1ccccc1Cl)C(=O)NC(N)=O. The van der Waals surface area contributed by atoms with Crippen molar-refractivity contribution >= 4 is 29.6 Å². The number of hydrogen-bond donors (Lipinski definition) is 2. The number of carbonyl (C=O) groups excluding carboxylic acids is 2. The predicted octanol–water partition coefficient (Wildman–Crippen LogP) is 1.44. The van der Waals surface area contributed by atoms with Crippen LogP contribution < -0.4 is 11.1 Å². The highest BCUT2D eigenvalue weighted by molar-refractivity contribution is 6.32. The van der Waals surface area contributed by atoms with E-state index in [-0.39, 0.29) is 5.57 Å². The Labute approximate surface area is 102 Å². The molecule has 0 bridgehead atoms. The Balaban J connectivity index is 3.04. The monoisotopic (exact) mass is 249 g/mol. The van der Waals surface area contributed by atoms with Gasteiger partial charge in [-0.05, 0) is 17.7 Å². The molecule has 0 heterocycles. The largest absolute Gasteiger partial charge is 0.351 e. The molecule has 0 aliphatic carbocycles. The molecule has 0 atom stereocenters. The molecule has 17 heavy (non-hydrogen) atoms. The lowest BCUT2D eigenvalue weighted by atomic mass is 10.1. The third-order valence-corrected chi connectivity index (χ3v) is 2.15. The number of primary amides is 1. The number of carbonyl (C=O) groups is 2. The zero-order valence-electron chi connectivity index (χ0n) is 8.61. The van der Waals surface area contributed by atoms with Crippen molar-refractivity contribution in [2.45, 2.75) is 0 Å². The Morgan fingerprint density at radius 2 is 2.06 bits per heavy atom. The second kappa shape index (κ2) is 5.68. The molecule has 0 fully saturated rings. The van der Waals surface area contributed by atoms with Crippen molar-refractivity contribution in [3.8, 4) is 6.07 Å². The summed E-state index contributed by atoms with van der Waals surface area (Å²) in [5, 5.41) is 11.0. The van der Waals surface area contributed by atoms with E-state index < -0.39 is 11.9 Å². The fraction of sp³-hybridized carbons (Fsp3) is 0. The van der Waals surface area contributed by atoms with Crippen LogP contribution in [0, 0.1) is 11.3 Å². The number of nitrogens with two attached hydrogens (primary N) is 1. The van der Waals surface area contributed by atoms with Gasteiger partial charge in [-0.1, -0.05) is 29.8 Å². The molecule has 0 unspecified atom stereocenters. The normalized spacial score (nSPS) is 10.5. The average molecular weight is 250 g/mol. The number of urea groups is 1. The molecule has 1 aromatic carbocycles. The summed E-state index contributed by atoms with van der Waals surface area (Å²) < 4.78 is 0. The summed E-state index contributed by atoms with van der Waals surface area (Å²) in [4.78, 5) is 21.8. The fourth-order valence-electron chi connectivity index (χ4n) is 1.08. The Kier molecular flexibility index (Phi) is 4.26. The molecule has 0 saturated carbocycles. The zero-order chi connectivity index (χ0) is 12.8. The van der Waals surface area contributed by atoms with Crippen molar-refractivity contribution in [1.82, 2.24) is 5.32 Å². The first-order valence-corrected chi connectivity index (χ1v) is 4.89. The van der Waals surface area contributed by atoms with Crippen LogP contribution >= 0.6 is 11.6 Å². The maximum atomic E-state index is 11.4. The van der Waals surface area contributed by atoms with Crippen molar-refractivity contribution in [2.24, 2.45) is 5.73 Å². The van der Waals surface area contributed by atoms with Gasteiger partial charge in [0.05, 0.1) is 0 Å². The summed E-state index contributed by atoms with van der Waals surface area (Å²) in [5.41, 5.74) is 5.03. The molecular weight excluding hydrogens is 242 g/mol. The lowest BCUT2D eigenvalue weighted by Crippen LogP contribution is -2.35. The highest BCUT2D eigenvalue weighted by atomic mass is 35.5. The van der Waals surface area contributed by atoms with Gasteiger partial charge < -0.3 is 5.73 Å². The molecule has 0 aliphatic rings. The van der Waals surface area contributed by atoms with E-state index >= 15 is 0 Å². The van der Waals surface area contributed by atoms with E-state index in [1.807, 2.05) is 0 Å². The van der Waals surface area contributed by atoms with Crippen molar-refractivity contribution < 1.29 is 9.59 Å². The number of imide groups is 1. The van der Waals surface area contributed by atoms with E-state index in [9.17, 15) is 9.59 Å². The van der Waals surface area contributed by atoms with Gasteiger partial charge in [-0.2, -0.15) is 5.26 Å². The molecular formula is C11H8ClN3O2. The van der Waals surface area contributed by atoms with Crippen molar-refractivity contribution in [3.05, 3.63) is 40.4 Å². The molecule has 5 nitrogen and oxygen atoms in total. The van der Waals surface area contributed by atoms with Crippen LogP contribution in [0.3, 0.4) is 0 Å². The lowest BCUT2D eigenvalue weighted by molar-refractivity contribution is -0.115. The highest BCUT2D eigenvalue weighted by Gasteiger charge is 2.11. The van der Waals surface area contributed by atoms with Gasteiger partial charge in [0.2, 0.25) is 0 Å². The van der Waals surface area contributed by atoms with Crippen LogP contribution in [0.1, 0.15) is 5.56 Å². The molecule has 1 aromatic rings. The molecule has 0 aliphatic heterocycles. The fourth-order valence-corrected chi connectivity index (χ4v) is 1.27. The standard InChI is InChI=1S/C11H8ClN3O2/c12-9-4-2-1-3-7(9)5-8(6-13)10(16)15-11(14)17/h1-5H,(H3,14,15,16,17)/b8-5-. The summed E-state index contributed by atoms with van der Waals surface area (Å²) >= 11 is 5.86.